The van der Waals surface area contributed by atoms with E-state index in [0.717, 1.165) is 0 Å². The normalized spacial score (nSPS) is 23.2. The minimum Gasteiger partial charge on any atom is -0.465 e. The van der Waals surface area contributed by atoms with Crippen LogP contribution in [0, 0.1) is 0 Å². The molecule has 1 atom stereocenters. The van der Waals surface area contributed by atoms with Crippen LogP contribution in [-0.2, 0) is 24.5 Å². The molecule has 0 saturated heterocycles. The zero-order valence-electron chi connectivity index (χ0n) is 10.8. The first-order chi connectivity index (χ1) is 9.11. The smallest absolute Gasteiger partial charge is 0.324 e. The van der Waals surface area contributed by atoms with E-state index in [9.17, 15) is 14.4 Å². The zero-order valence-corrected chi connectivity index (χ0v) is 10.8. The summed E-state index contributed by atoms with van der Waals surface area (Å²) in [5, 5.41) is 0. The van der Waals surface area contributed by atoms with Gasteiger partial charge < -0.3 is 4.74 Å². The highest BCUT2D eigenvalue weighted by atomic mass is 16.5. The summed E-state index contributed by atoms with van der Waals surface area (Å²) in [4.78, 5) is 36.0. The molecule has 1 aromatic rings. The first kappa shape index (κ1) is 13.5. The maximum atomic E-state index is 12.3. The Kier molecular flexibility index (Phi) is 3.79. The highest BCUT2D eigenvalue weighted by Crippen LogP contribution is 2.37. The molecule has 2 rings (SSSR count). The van der Waals surface area contributed by atoms with Crippen LogP contribution in [0.5, 0.6) is 0 Å². The van der Waals surface area contributed by atoms with E-state index in [1.165, 1.54) is 0 Å². The number of Topliss-reactive ketones (excluding diaryl/α,β-unsaturated/α-hetero) is 2. The lowest BCUT2D eigenvalue weighted by Gasteiger charge is -2.33. The Morgan fingerprint density at radius 1 is 1.26 bits per heavy atom. The Morgan fingerprint density at radius 3 is 2.53 bits per heavy atom. The maximum absolute atomic E-state index is 12.3. The molecule has 1 saturated carbocycles. The number of carbonyl (C=O) groups is 3. The van der Waals surface area contributed by atoms with Crippen LogP contribution in [0.4, 0.5) is 0 Å². The third-order valence-corrected chi connectivity index (χ3v) is 3.50. The standard InChI is InChI=1S/C15H16O4/c1-2-19-14(18)15(11-6-4-3-5-7-11)9-8-12(16)10-13(15)17/h3-7H,2,8-10H2,1H3. The van der Waals surface area contributed by atoms with Crippen molar-refractivity contribution in [3.63, 3.8) is 0 Å². The van der Waals surface area contributed by atoms with Gasteiger partial charge in [-0.2, -0.15) is 0 Å². The van der Waals surface area contributed by atoms with Gasteiger partial charge in [-0.25, -0.2) is 0 Å². The van der Waals surface area contributed by atoms with E-state index in [1.807, 2.05) is 6.07 Å². The number of carbonyl (C=O) groups excluding carboxylic acids is 3. The molecule has 0 heterocycles. The zero-order chi connectivity index (χ0) is 13.9. The monoisotopic (exact) mass is 260 g/mol. The van der Waals surface area contributed by atoms with Crippen LogP contribution in [0.2, 0.25) is 0 Å². The molecule has 0 aliphatic heterocycles. The topological polar surface area (TPSA) is 60.4 Å². The third-order valence-electron chi connectivity index (χ3n) is 3.50. The van der Waals surface area contributed by atoms with Crippen molar-refractivity contribution in [1.29, 1.82) is 0 Å². The summed E-state index contributed by atoms with van der Waals surface area (Å²) >= 11 is 0. The number of esters is 1. The minimum atomic E-state index is -1.30. The molecule has 1 aliphatic rings. The Labute approximate surface area is 111 Å². The minimum absolute atomic E-state index is 0.110. The molecular weight excluding hydrogens is 244 g/mol. The van der Waals surface area contributed by atoms with E-state index in [-0.39, 0.29) is 37.4 Å². The number of ether oxygens (including phenoxy) is 1. The van der Waals surface area contributed by atoms with Crippen LogP contribution < -0.4 is 0 Å². The molecule has 1 fully saturated rings. The number of rotatable bonds is 3. The second kappa shape index (κ2) is 5.34. The molecule has 4 nitrogen and oxygen atoms in total. The first-order valence-electron chi connectivity index (χ1n) is 6.39. The van der Waals surface area contributed by atoms with E-state index in [4.69, 9.17) is 4.74 Å². The van der Waals surface area contributed by atoms with Crippen LogP contribution in [-0.4, -0.2) is 24.1 Å². The largest absolute Gasteiger partial charge is 0.465 e. The Balaban J connectivity index is 2.47. The first-order valence-corrected chi connectivity index (χ1v) is 6.39. The van der Waals surface area contributed by atoms with E-state index in [2.05, 4.69) is 0 Å². The summed E-state index contributed by atoms with van der Waals surface area (Å²) in [7, 11) is 0. The molecule has 0 N–H and O–H groups in total. The molecule has 0 aromatic heterocycles. The van der Waals surface area contributed by atoms with Gasteiger partial charge in [-0.1, -0.05) is 30.3 Å². The second-order valence-corrected chi connectivity index (χ2v) is 4.63. The molecule has 0 amide bonds. The predicted molar refractivity (Wildman–Crippen MR) is 68.6 cm³/mol. The van der Waals surface area contributed by atoms with Crippen LogP contribution in [0.3, 0.4) is 0 Å². The highest BCUT2D eigenvalue weighted by molar-refractivity contribution is 6.17. The third kappa shape index (κ3) is 2.30. The summed E-state index contributed by atoms with van der Waals surface area (Å²) in [5.74, 6) is -1.01. The molecule has 0 spiro atoms. The molecule has 100 valence electrons. The SMILES string of the molecule is CCOC(=O)C1(c2ccccc2)CCC(=O)CC1=O. The van der Waals surface area contributed by atoms with E-state index < -0.39 is 11.4 Å². The van der Waals surface area contributed by atoms with Crippen LogP contribution in [0.1, 0.15) is 31.7 Å². The Hall–Kier alpha value is -1.97. The molecule has 1 unspecified atom stereocenters. The lowest BCUT2D eigenvalue weighted by molar-refractivity contribution is -0.156. The van der Waals surface area contributed by atoms with Crippen molar-refractivity contribution < 1.29 is 19.1 Å². The predicted octanol–water partition coefficient (Wildman–Crippen LogP) is 1.81. The van der Waals surface area contributed by atoms with Crippen molar-refractivity contribution in [1.82, 2.24) is 0 Å². The Bertz CT molecular complexity index is 506. The molecule has 1 aromatic carbocycles. The maximum Gasteiger partial charge on any atom is 0.324 e. The summed E-state index contributed by atoms with van der Waals surface area (Å²) in [6.07, 6.45) is 0.251. The van der Waals surface area contributed by atoms with Gasteiger partial charge in [-0.15, -0.1) is 0 Å². The van der Waals surface area contributed by atoms with E-state index in [0.29, 0.717) is 5.56 Å². The van der Waals surface area contributed by atoms with Crippen molar-refractivity contribution in [2.45, 2.75) is 31.6 Å². The van der Waals surface area contributed by atoms with Crippen LogP contribution in [0.25, 0.3) is 0 Å². The molecule has 0 radical (unpaired) electrons. The van der Waals surface area contributed by atoms with Gasteiger partial charge in [0.1, 0.15) is 5.78 Å². The van der Waals surface area contributed by atoms with Gasteiger partial charge in [0.2, 0.25) is 0 Å². The molecule has 4 heteroatoms. The number of hydrogen-bond donors (Lipinski definition) is 0. The number of ketones is 2. The quantitative estimate of drug-likeness (QED) is 0.614. The fraction of sp³-hybridized carbons (Fsp3) is 0.400. The fourth-order valence-electron chi connectivity index (χ4n) is 2.50. The van der Waals surface area contributed by atoms with Gasteiger partial charge in [-0.3, -0.25) is 14.4 Å². The van der Waals surface area contributed by atoms with E-state index in [1.54, 1.807) is 31.2 Å². The average Bonchev–Trinajstić information content (AvgIpc) is 2.40. The van der Waals surface area contributed by atoms with Crippen LogP contribution >= 0.6 is 0 Å². The van der Waals surface area contributed by atoms with Crippen LogP contribution in [0.15, 0.2) is 30.3 Å². The van der Waals surface area contributed by atoms with Gasteiger partial charge >= 0.3 is 5.97 Å². The van der Waals surface area contributed by atoms with Crippen molar-refractivity contribution >= 4 is 17.5 Å². The van der Waals surface area contributed by atoms with Gasteiger partial charge in [-0.05, 0) is 18.9 Å². The lowest BCUT2D eigenvalue weighted by Crippen LogP contribution is -2.48. The van der Waals surface area contributed by atoms with E-state index >= 15 is 0 Å². The van der Waals surface area contributed by atoms with Crippen molar-refractivity contribution in [2.24, 2.45) is 0 Å². The van der Waals surface area contributed by atoms with Crippen molar-refractivity contribution in [3.05, 3.63) is 35.9 Å². The van der Waals surface area contributed by atoms with Crippen molar-refractivity contribution in [2.75, 3.05) is 6.61 Å². The summed E-state index contributed by atoms with van der Waals surface area (Å²) in [5.41, 5.74) is -0.684. The number of benzene rings is 1. The number of hydrogen-bond acceptors (Lipinski definition) is 4. The summed E-state index contributed by atoms with van der Waals surface area (Å²) in [6.45, 7) is 1.92. The molecule has 0 bridgehead atoms. The van der Waals surface area contributed by atoms with Gasteiger partial charge in [0.15, 0.2) is 11.2 Å². The van der Waals surface area contributed by atoms with Crippen molar-refractivity contribution in [3.8, 4) is 0 Å². The lowest BCUT2D eigenvalue weighted by atomic mass is 9.68. The molecule has 19 heavy (non-hydrogen) atoms. The summed E-state index contributed by atoms with van der Waals surface area (Å²) in [6, 6.07) is 8.86. The summed E-state index contributed by atoms with van der Waals surface area (Å²) < 4.78 is 5.07. The fourth-order valence-corrected chi connectivity index (χ4v) is 2.50. The Morgan fingerprint density at radius 2 is 1.95 bits per heavy atom. The van der Waals surface area contributed by atoms with Gasteiger partial charge in [0.25, 0.3) is 0 Å². The average molecular weight is 260 g/mol. The molecular formula is C15H16O4. The second-order valence-electron chi connectivity index (χ2n) is 4.63. The van der Waals surface area contributed by atoms with Gasteiger partial charge in [0, 0.05) is 6.42 Å². The highest BCUT2D eigenvalue weighted by Gasteiger charge is 2.51. The molecule has 1 aliphatic carbocycles. The van der Waals surface area contributed by atoms with Gasteiger partial charge in [0.05, 0.1) is 13.0 Å².